The summed E-state index contributed by atoms with van der Waals surface area (Å²) in [6, 6.07) is 10.1. The van der Waals surface area contributed by atoms with Crippen molar-refractivity contribution in [2.75, 3.05) is 6.61 Å². The van der Waals surface area contributed by atoms with E-state index in [1.807, 2.05) is 19.1 Å². The highest BCUT2D eigenvalue weighted by Gasteiger charge is 2.13. The Hall–Kier alpha value is -1.59. The molecule has 0 saturated carbocycles. The molecule has 0 aliphatic heterocycles. The minimum atomic E-state index is -4.22. The SMILES string of the molecule is CCCOc1cc(S(=O)(=O)O)cc2ccccc12. The maximum atomic E-state index is 11.2. The van der Waals surface area contributed by atoms with Crippen molar-refractivity contribution in [2.24, 2.45) is 0 Å². The largest absolute Gasteiger partial charge is 0.493 e. The van der Waals surface area contributed by atoms with Gasteiger partial charge < -0.3 is 4.74 Å². The number of hydrogen-bond acceptors (Lipinski definition) is 3. The quantitative estimate of drug-likeness (QED) is 0.864. The second-order valence-corrected chi connectivity index (χ2v) is 5.39. The average Bonchev–Trinajstić information content (AvgIpc) is 2.34. The van der Waals surface area contributed by atoms with Gasteiger partial charge in [-0.2, -0.15) is 8.42 Å². The van der Waals surface area contributed by atoms with E-state index < -0.39 is 10.1 Å². The van der Waals surface area contributed by atoms with Crippen LogP contribution in [0.1, 0.15) is 13.3 Å². The van der Waals surface area contributed by atoms with Gasteiger partial charge in [-0.05, 0) is 17.9 Å². The minimum absolute atomic E-state index is 0.146. The van der Waals surface area contributed by atoms with Gasteiger partial charge in [0.25, 0.3) is 10.1 Å². The van der Waals surface area contributed by atoms with Crippen molar-refractivity contribution in [3.05, 3.63) is 36.4 Å². The van der Waals surface area contributed by atoms with Crippen LogP contribution in [-0.4, -0.2) is 19.6 Å². The van der Waals surface area contributed by atoms with Gasteiger partial charge in [0.2, 0.25) is 0 Å². The molecule has 0 aliphatic rings. The first-order valence-corrected chi connectivity index (χ1v) is 7.09. The molecule has 4 nitrogen and oxygen atoms in total. The van der Waals surface area contributed by atoms with Gasteiger partial charge >= 0.3 is 0 Å². The van der Waals surface area contributed by atoms with Crippen molar-refractivity contribution < 1.29 is 17.7 Å². The molecule has 0 heterocycles. The Bertz CT molecular complexity index is 662. The van der Waals surface area contributed by atoms with Crippen LogP contribution in [0.2, 0.25) is 0 Å². The molecule has 0 amide bonds. The number of hydrogen-bond donors (Lipinski definition) is 1. The van der Waals surface area contributed by atoms with E-state index in [0.717, 1.165) is 17.2 Å². The van der Waals surface area contributed by atoms with E-state index >= 15 is 0 Å². The van der Waals surface area contributed by atoms with Crippen LogP contribution in [0.3, 0.4) is 0 Å². The standard InChI is InChI=1S/C13H14O4S/c1-2-7-17-13-9-11(18(14,15)16)8-10-5-3-4-6-12(10)13/h3-6,8-9H,2,7H2,1H3,(H,14,15,16). The van der Waals surface area contributed by atoms with E-state index in [-0.39, 0.29) is 4.90 Å². The van der Waals surface area contributed by atoms with E-state index in [0.29, 0.717) is 12.4 Å². The molecule has 2 aromatic rings. The summed E-state index contributed by atoms with van der Waals surface area (Å²) in [4.78, 5) is -0.146. The van der Waals surface area contributed by atoms with Gasteiger partial charge in [-0.1, -0.05) is 31.2 Å². The fourth-order valence-corrected chi connectivity index (χ4v) is 2.26. The van der Waals surface area contributed by atoms with Crippen molar-refractivity contribution in [3.8, 4) is 5.75 Å². The smallest absolute Gasteiger partial charge is 0.294 e. The van der Waals surface area contributed by atoms with Gasteiger partial charge in [0.15, 0.2) is 0 Å². The van der Waals surface area contributed by atoms with Crippen molar-refractivity contribution in [1.82, 2.24) is 0 Å². The number of ether oxygens (including phenoxy) is 1. The maximum absolute atomic E-state index is 11.2. The Morgan fingerprint density at radius 2 is 1.94 bits per heavy atom. The Morgan fingerprint density at radius 3 is 2.61 bits per heavy atom. The third kappa shape index (κ3) is 2.63. The van der Waals surface area contributed by atoms with E-state index in [1.54, 1.807) is 12.1 Å². The zero-order chi connectivity index (χ0) is 13.2. The predicted octanol–water partition coefficient (Wildman–Crippen LogP) is 2.88. The zero-order valence-corrected chi connectivity index (χ0v) is 10.8. The van der Waals surface area contributed by atoms with Gasteiger partial charge in [-0.3, -0.25) is 4.55 Å². The molecule has 5 heteroatoms. The Balaban J connectivity index is 2.64. The Kier molecular flexibility index (Phi) is 3.54. The molecule has 0 bridgehead atoms. The molecule has 0 unspecified atom stereocenters. The molecule has 18 heavy (non-hydrogen) atoms. The van der Waals surface area contributed by atoms with Gasteiger partial charge in [-0.15, -0.1) is 0 Å². The van der Waals surface area contributed by atoms with E-state index in [4.69, 9.17) is 9.29 Å². The molecular formula is C13H14O4S. The highest BCUT2D eigenvalue weighted by Crippen LogP contribution is 2.29. The second kappa shape index (κ2) is 4.96. The number of benzene rings is 2. The summed E-state index contributed by atoms with van der Waals surface area (Å²) in [5.41, 5.74) is 0. The fourth-order valence-electron chi connectivity index (χ4n) is 1.73. The van der Waals surface area contributed by atoms with E-state index in [9.17, 15) is 8.42 Å². The highest BCUT2D eigenvalue weighted by molar-refractivity contribution is 7.85. The molecule has 96 valence electrons. The predicted molar refractivity (Wildman–Crippen MR) is 69.5 cm³/mol. The summed E-state index contributed by atoms with van der Waals surface area (Å²) in [7, 11) is -4.22. The first-order chi connectivity index (χ1) is 8.52. The molecule has 0 aliphatic carbocycles. The minimum Gasteiger partial charge on any atom is -0.493 e. The van der Waals surface area contributed by atoms with Crippen LogP contribution >= 0.6 is 0 Å². The van der Waals surface area contributed by atoms with E-state index in [2.05, 4.69) is 0 Å². The molecule has 0 spiro atoms. The number of fused-ring (bicyclic) bond motifs is 1. The van der Waals surface area contributed by atoms with Crippen LogP contribution in [0, 0.1) is 0 Å². The summed E-state index contributed by atoms with van der Waals surface area (Å²) in [6.07, 6.45) is 0.824. The van der Waals surface area contributed by atoms with Crippen LogP contribution < -0.4 is 4.74 Å². The first kappa shape index (κ1) is 12.9. The monoisotopic (exact) mass is 266 g/mol. The van der Waals surface area contributed by atoms with Gasteiger partial charge in [0.05, 0.1) is 11.5 Å². The molecule has 2 rings (SSSR count). The van der Waals surface area contributed by atoms with Gasteiger partial charge in [0, 0.05) is 11.5 Å². The Morgan fingerprint density at radius 1 is 1.22 bits per heavy atom. The maximum Gasteiger partial charge on any atom is 0.294 e. The molecule has 1 N–H and O–H groups in total. The van der Waals surface area contributed by atoms with Crippen LogP contribution in [0.25, 0.3) is 10.8 Å². The average molecular weight is 266 g/mol. The third-order valence-electron chi connectivity index (χ3n) is 2.56. The molecular weight excluding hydrogens is 252 g/mol. The molecule has 2 aromatic carbocycles. The molecule has 0 aromatic heterocycles. The van der Waals surface area contributed by atoms with Crippen molar-refractivity contribution in [2.45, 2.75) is 18.2 Å². The normalized spacial score (nSPS) is 11.7. The lowest BCUT2D eigenvalue weighted by Crippen LogP contribution is -2.01. The number of rotatable bonds is 4. The summed E-state index contributed by atoms with van der Waals surface area (Å²) < 4.78 is 37.0. The van der Waals surface area contributed by atoms with Crippen molar-refractivity contribution in [3.63, 3.8) is 0 Å². The molecule has 0 radical (unpaired) electrons. The summed E-state index contributed by atoms with van der Waals surface area (Å²) >= 11 is 0. The summed E-state index contributed by atoms with van der Waals surface area (Å²) in [5, 5.41) is 1.55. The zero-order valence-electron chi connectivity index (χ0n) is 9.96. The third-order valence-corrected chi connectivity index (χ3v) is 3.39. The van der Waals surface area contributed by atoms with Gasteiger partial charge in [0.1, 0.15) is 5.75 Å². The molecule has 0 atom stereocenters. The fraction of sp³-hybridized carbons (Fsp3) is 0.231. The lowest BCUT2D eigenvalue weighted by atomic mass is 10.1. The van der Waals surface area contributed by atoms with Crippen LogP contribution in [0.15, 0.2) is 41.3 Å². The highest BCUT2D eigenvalue weighted by atomic mass is 32.2. The molecule has 0 saturated heterocycles. The van der Waals surface area contributed by atoms with Gasteiger partial charge in [-0.25, -0.2) is 0 Å². The first-order valence-electron chi connectivity index (χ1n) is 5.65. The van der Waals surface area contributed by atoms with Crippen LogP contribution in [-0.2, 0) is 10.1 Å². The summed E-state index contributed by atoms with van der Waals surface area (Å²) in [5.74, 6) is 0.475. The topological polar surface area (TPSA) is 63.6 Å². The Labute approximate surface area is 106 Å². The lowest BCUT2D eigenvalue weighted by molar-refractivity contribution is 0.320. The molecule has 0 fully saturated rings. The second-order valence-electron chi connectivity index (χ2n) is 3.97. The van der Waals surface area contributed by atoms with Crippen molar-refractivity contribution >= 4 is 20.9 Å². The van der Waals surface area contributed by atoms with Crippen LogP contribution in [0.5, 0.6) is 5.75 Å². The van der Waals surface area contributed by atoms with Crippen molar-refractivity contribution in [1.29, 1.82) is 0 Å². The van der Waals surface area contributed by atoms with E-state index in [1.165, 1.54) is 12.1 Å². The summed E-state index contributed by atoms with van der Waals surface area (Å²) in [6.45, 7) is 2.47. The lowest BCUT2D eigenvalue weighted by Gasteiger charge is -2.10. The van der Waals surface area contributed by atoms with Crippen LogP contribution in [0.4, 0.5) is 0 Å².